The highest BCUT2D eigenvalue weighted by atomic mass is 16.5. The van der Waals surface area contributed by atoms with Crippen molar-refractivity contribution < 1.29 is 9.47 Å². The van der Waals surface area contributed by atoms with Crippen molar-refractivity contribution >= 4 is 0 Å². The summed E-state index contributed by atoms with van der Waals surface area (Å²) in [6.07, 6.45) is 6.72. The minimum Gasteiger partial charge on any atom is -0.494 e. The van der Waals surface area contributed by atoms with Gasteiger partial charge in [-0.2, -0.15) is 0 Å². The Balaban J connectivity index is 1.48. The topological polar surface area (TPSA) is 34.6 Å². The van der Waals surface area contributed by atoms with Crippen molar-refractivity contribution in [2.45, 2.75) is 64.3 Å². The molecule has 3 aliphatic heterocycles. The Labute approximate surface area is 155 Å². The summed E-state index contributed by atoms with van der Waals surface area (Å²) in [4.78, 5) is 7.29. The van der Waals surface area contributed by atoms with Crippen LogP contribution in [0, 0.1) is 0 Å². The van der Waals surface area contributed by atoms with E-state index in [0.29, 0.717) is 18.7 Å². The third-order valence-corrected chi connectivity index (χ3v) is 6.09. The largest absolute Gasteiger partial charge is 0.494 e. The van der Waals surface area contributed by atoms with Gasteiger partial charge in [-0.05, 0) is 50.5 Å². The van der Waals surface area contributed by atoms with E-state index in [1.807, 2.05) is 6.20 Å². The van der Waals surface area contributed by atoms with Crippen molar-refractivity contribution in [1.82, 2.24) is 9.88 Å². The summed E-state index contributed by atoms with van der Waals surface area (Å²) in [5.74, 6) is 2.07. The third-order valence-electron chi connectivity index (χ3n) is 6.09. The molecule has 0 radical (unpaired) electrons. The van der Waals surface area contributed by atoms with Gasteiger partial charge < -0.3 is 9.47 Å². The quantitative estimate of drug-likeness (QED) is 0.833. The Morgan fingerprint density at radius 3 is 3.08 bits per heavy atom. The highest BCUT2D eigenvalue weighted by Crippen LogP contribution is 2.45. The number of nitrogens with zero attached hydrogens (tertiary/aromatic N) is 2. The molecular formula is C22H26N2O2. The maximum Gasteiger partial charge on any atom is 0.124 e. The highest BCUT2D eigenvalue weighted by Gasteiger charge is 2.40. The second-order valence-electron chi connectivity index (χ2n) is 7.80. The molecule has 0 unspecified atom stereocenters. The van der Waals surface area contributed by atoms with Gasteiger partial charge in [0.1, 0.15) is 17.6 Å². The van der Waals surface area contributed by atoms with E-state index in [2.05, 4.69) is 48.0 Å². The van der Waals surface area contributed by atoms with Crippen molar-refractivity contribution in [2.75, 3.05) is 6.61 Å². The first-order valence-corrected chi connectivity index (χ1v) is 9.87. The molecule has 3 aliphatic rings. The number of ether oxygens (including phenoxy) is 2. The minimum absolute atomic E-state index is 0.263. The van der Waals surface area contributed by atoms with Crippen LogP contribution in [-0.4, -0.2) is 28.6 Å². The maximum atomic E-state index is 6.01. The summed E-state index contributed by atoms with van der Waals surface area (Å²) >= 11 is 0. The molecule has 1 aromatic heterocycles. The Bertz CT molecular complexity index is 835. The molecule has 0 saturated carbocycles. The molecule has 1 saturated heterocycles. The van der Waals surface area contributed by atoms with Gasteiger partial charge in [-0.1, -0.05) is 6.07 Å². The molecule has 1 fully saturated rings. The smallest absolute Gasteiger partial charge is 0.124 e. The van der Waals surface area contributed by atoms with E-state index in [1.165, 1.54) is 35.2 Å². The fourth-order valence-electron chi connectivity index (χ4n) is 4.97. The summed E-state index contributed by atoms with van der Waals surface area (Å²) in [6, 6.07) is 9.84. The van der Waals surface area contributed by atoms with E-state index >= 15 is 0 Å². The maximum absolute atomic E-state index is 6.01. The monoisotopic (exact) mass is 350 g/mol. The van der Waals surface area contributed by atoms with Crippen LogP contribution in [0.4, 0.5) is 0 Å². The van der Waals surface area contributed by atoms with E-state index in [9.17, 15) is 0 Å². The fraction of sp³-hybridized carbons (Fsp3) is 0.500. The molecule has 4 heteroatoms. The van der Waals surface area contributed by atoms with Gasteiger partial charge in [-0.3, -0.25) is 9.88 Å². The van der Waals surface area contributed by atoms with Crippen LogP contribution in [0.1, 0.15) is 55.1 Å². The van der Waals surface area contributed by atoms with Crippen LogP contribution in [0.3, 0.4) is 0 Å². The normalized spacial score (nSPS) is 26.3. The van der Waals surface area contributed by atoms with Crippen LogP contribution in [0.25, 0.3) is 0 Å². The lowest BCUT2D eigenvalue weighted by atomic mass is 9.96. The standard InChI is InChI=1S/C22H26N2O2/c1-3-25-21-10-15-9-14(2)26-22(15)11-16(21)13-24-17-6-7-20(24)18-5-4-8-23-19(18)12-17/h4-5,8,10-11,14,17,20H,3,6-7,9,12-13H2,1-2H3/t14-,17-,20-/m1/s1. The number of hydrogen-bond acceptors (Lipinski definition) is 4. The minimum atomic E-state index is 0.263. The average molecular weight is 350 g/mol. The zero-order valence-corrected chi connectivity index (χ0v) is 15.6. The first kappa shape index (κ1) is 16.1. The number of fused-ring (bicyclic) bond motifs is 5. The van der Waals surface area contributed by atoms with Gasteiger partial charge in [-0.25, -0.2) is 0 Å². The van der Waals surface area contributed by atoms with Crippen molar-refractivity contribution in [3.63, 3.8) is 0 Å². The molecule has 1 aromatic carbocycles. The average Bonchev–Trinajstić information content (AvgIpc) is 3.12. The lowest BCUT2D eigenvalue weighted by Crippen LogP contribution is -2.37. The van der Waals surface area contributed by atoms with Crippen molar-refractivity contribution in [2.24, 2.45) is 0 Å². The Morgan fingerprint density at radius 1 is 1.27 bits per heavy atom. The molecule has 26 heavy (non-hydrogen) atoms. The summed E-state index contributed by atoms with van der Waals surface area (Å²) in [5.41, 5.74) is 5.25. The molecule has 4 nitrogen and oxygen atoms in total. The molecule has 136 valence electrons. The Hall–Kier alpha value is -2.07. The predicted molar refractivity (Wildman–Crippen MR) is 101 cm³/mol. The molecule has 0 spiro atoms. The van der Waals surface area contributed by atoms with Crippen molar-refractivity contribution in [1.29, 1.82) is 0 Å². The molecule has 5 rings (SSSR count). The number of pyridine rings is 1. The van der Waals surface area contributed by atoms with Gasteiger partial charge >= 0.3 is 0 Å². The van der Waals surface area contributed by atoms with Crippen LogP contribution < -0.4 is 9.47 Å². The first-order chi connectivity index (χ1) is 12.7. The lowest BCUT2D eigenvalue weighted by Gasteiger charge is -2.36. The zero-order chi connectivity index (χ0) is 17.7. The van der Waals surface area contributed by atoms with Crippen LogP contribution in [0.2, 0.25) is 0 Å². The third kappa shape index (κ3) is 2.59. The van der Waals surface area contributed by atoms with Crippen molar-refractivity contribution in [3.8, 4) is 11.5 Å². The second-order valence-corrected chi connectivity index (χ2v) is 7.80. The summed E-state index contributed by atoms with van der Waals surface area (Å²) in [5, 5.41) is 0. The van der Waals surface area contributed by atoms with Gasteiger partial charge in [0.05, 0.1) is 6.61 Å². The first-order valence-electron chi connectivity index (χ1n) is 9.87. The van der Waals surface area contributed by atoms with Crippen LogP contribution >= 0.6 is 0 Å². The van der Waals surface area contributed by atoms with Crippen molar-refractivity contribution in [3.05, 3.63) is 52.8 Å². The number of rotatable bonds is 4. The molecule has 0 aliphatic carbocycles. The van der Waals surface area contributed by atoms with E-state index in [-0.39, 0.29) is 6.10 Å². The number of aromatic nitrogens is 1. The highest BCUT2D eigenvalue weighted by molar-refractivity contribution is 5.49. The Morgan fingerprint density at radius 2 is 2.19 bits per heavy atom. The molecule has 4 heterocycles. The van der Waals surface area contributed by atoms with Gasteiger partial charge in [0, 0.05) is 54.5 Å². The molecule has 0 N–H and O–H groups in total. The predicted octanol–water partition coefficient (Wildman–Crippen LogP) is 4.07. The zero-order valence-electron chi connectivity index (χ0n) is 15.6. The number of benzene rings is 1. The Kier molecular flexibility index (Phi) is 3.89. The summed E-state index contributed by atoms with van der Waals surface area (Å²) in [6.45, 7) is 5.81. The molecule has 0 amide bonds. The summed E-state index contributed by atoms with van der Waals surface area (Å²) < 4.78 is 12.0. The molecule has 2 aromatic rings. The molecule has 2 bridgehead atoms. The van der Waals surface area contributed by atoms with Crippen LogP contribution in [0.15, 0.2) is 30.5 Å². The molecule has 3 atom stereocenters. The lowest BCUT2D eigenvalue weighted by molar-refractivity contribution is 0.163. The van der Waals surface area contributed by atoms with Gasteiger partial charge in [0.2, 0.25) is 0 Å². The fourth-order valence-corrected chi connectivity index (χ4v) is 4.97. The van der Waals surface area contributed by atoms with Gasteiger partial charge in [0.25, 0.3) is 0 Å². The second kappa shape index (κ2) is 6.27. The summed E-state index contributed by atoms with van der Waals surface area (Å²) in [7, 11) is 0. The van der Waals surface area contributed by atoms with Crippen LogP contribution in [-0.2, 0) is 19.4 Å². The molecular weight excluding hydrogens is 324 g/mol. The number of hydrogen-bond donors (Lipinski definition) is 0. The van der Waals surface area contributed by atoms with Crippen LogP contribution in [0.5, 0.6) is 11.5 Å². The SMILES string of the molecule is CCOc1cc2c(cc1CN1[C@@H]3CC[C@@H]1c1cccnc1C3)O[C@H](C)C2. The van der Waals surface area contributed by atoms with E-state index in [4.69, 9.17) is 9.47 Å². The van der Waals surface area contributed by atoms with E-state index < -0.39 is 0 Å². The van der Waals surface area contributed by atoms with Gasteiger partial charge in [0.15, 0.2) is 0 Å². The van der Waals surface area contributed by atoms with E-state index in [0.717, 1.165) is 30.9 Å². The van der Waals surface area contributed by atoms with E-state index in [1.54, 1.807) is 0 Å². The van der Waals surface area contributed by atoms with Gasteiger partial charge in [-0.15, -0.1) is 0 Å².